The fourth-order valence-electron chi connectivity index (χ4n) is 1.62. The van der Waals surface area contributed by atoms with Gasteiger partial charge in [-0.15, -0.1) is 0 Å². The number of fused-ring (bicyclic) bond motifs is 1. The first-order valence-electron chi connectivity index (χ1n) is 4.27. The smallest absolute Gasteiger partial charge is 0.228 e. The molecule has 2 fully saturated rings. The largest absolute Gasteiger partial charge is 0.466 e. The van der Waals surface area contributed by atoms with Crippen LogP contribution < -0.4 is 0 Å². The minimum atomic E-state index is -0.567. The minimum Gasteiger partial charge on any atom is -0.466 e. The molecule has 0 N–H and O–H groups in total. The van der Waals surface area contributed by atoms with Crippen molar-refractivity contribution < 1.29 is 19.0 Å². The summed E-state index contributed by atoms with van der Waals surface area (Å²) in [6, 6.07) is 0. The van der Waals surface area contributed by atoms with Crippen molar-refractivity contribution >= 4 is 6.29 Å². The lowest BCUT2D eigenvalue weighted by Crippen LogP contribution is -2.22. The Bertz CT molecular complexity index is 238. The van der Waals surface area contributed by atoms with E-state index in [4.69, 9.17) is 14.2 Å². The number of ether oxygens (including phenoxy) is 3. The molecule has 0 aromatic rings. The highest BCUT2D eigenvalue weighted by Crippen LogP contribution is 2.38. The molecule has 2 atom stereocenters. The highest BCUT2D eigenvalue weighted by molar-refractivity contribution is 5.65. The van der Waals surface area contributed by atoms with Crippen LogP contribution in [0.1, 0.15) is 20.3 Å². The zero-order valence-corrected chi connectivity index (χ0v) is 7.65. The Hall–Kier alpha value is -0.870. The topological polar surface area (TPSA) is 44.8 Å². The number of aldehydes is 1. The molecule has 0 amide bonds. The zero-order valence-electron chi connectivity index (χ0n) is 7.65. The quantitative estimate of drug-likeness (QED) is 0.450. The van der Waals surface area contributed by atoms with Gasteiger partial charge in [-0.25, -0.2) is 0 Å². The van der Waals surface area contributed by atoms with E-state index in [1.807, 2.05) is 13.8 Å². The molecule has 2 rings (SSSR count). The van der Waals surface area contributed by atoms with E-state index in [1.54, 1.807) is 0 Å². The molecule has 2 aliphatic rings. The first-order valence-corrected chi connectivity index (χ1v) is 4.27. The average Bonchev–Trinajstić information content (AvgIpc) is 2.41. The molecule has 0 aromatic heterocycles. The summed E-state index contributed by atoms with van der Waals surface area (Å²) in [5, 5.41) is 0. The Morgan fingerprint density at radius 3 is 2.85 bits per heavy atom. The van der Waals surface area contributed by atoms with E-state index in [9.17, 15) is 4.79 Å². The zero-order chi connectivity index (χ0) is 9.47. The van der Waals surface area contributed by atoms with Crippen LogP contribution in [0, 0.1) is 0 Å². The Morgan fingerprint density at radius 1 is 1.46 bits per heavy atom. The molecular weight excluding hydrogens is 172 g/mol. The molecule has 0 unspecified atom stereocenters. The van der Waals surface area contributed by atoms with Gasteiger partial charge in [0.1, 0.15) is 18.1 Å². The van der Waals surface area contributed by atoms with Crippen LogP contribution in [-0.2, 0) is 19.0 Å². The molecule has 4 heteroatoms. The maximum atomic E-state index is 10.2. The first kappa shape index (κ1) is 8.72. The molecule has 4 nitrogen and oxygen atoms in total. The van der Waals surface area contributed by atoms with Crippen molar-refractivity contribution in [2.45, 2.75) is 38.4 Å². The predicted octanol–water partition coefficient (Wildman–Crippen LogP) is 0.967. The second-order valence-corrected chi connectivity index (χ2v) is 3.63. The van der Waals surface area contributed by atoms with Crippen LogP contribution in [0.4, 0.5) is 0 Å². The lowest BCUT2D eigenvalue weighted by molar-refractivity contribution is -0.183. The maximum absolute atomic E-state index is 10.2. The van der Waals surface area contributed by atoms with E-state index in [1.165, 1.54) is 6.08 Å². The Morgan fingerprint density at radius 2 is 2.23 bits per heavy atom. The van der Waals surface area contributed by atoms with Gasteiger partial charge in [0.15, 0.2) is 5.79 Å². The molecule has 13 heavy (non-hydrogen) atoms. The van der Waals surface area contributed by atoms with Crippen molar-refractivity contribution in [3.63, 3.8) is 0 Å². The van der Waals surface area contributed by atoms with Gasteiger partial charge >= 0.3 is 0 Å². The molecule has 0 aliphatic carbocycles. The molecular formula is C9H12O4. The fourth-order valence-corrected chi connectivity index (χ4v) is 1.62. The normalized spacial score (nSPS) is 38.8. The van der Waals surface area contributed by atoms with Crippen LogP contribution in [-0.4, -0.2) is 24.5 Å². The van der Waals surface area contributed by atoms with Crippen molar-refractivity contribution in [2.75, 3.05) is 0 Å². The van der Waals surface area contributed by atoms with Crippen LogP contribution in [0.15, 0.2) is 11.8 Å². The monoisotopic (exact) mass is 184 g/mol. The highest BCUT2D eigenvalue weighted by atomic mass is 16.8. The Kier molecular flexibility index (Phi) is 1.89. The van der Waals surface area contributed by atoms with Crippen LogP contribution in [0.3, 0.4) is 0 Å². The van der Waals surface area contributed by atoms with Crippen molar-refractivity contribution in [3.05, 3.63) is 11.8 Å². The van der Waals surface area contributed by atoms with E-state index in [2.05, 4.69) is 0 Å². The van der Waals surface area contributed by atoms with Crippen molar-refractivity contribution in [1.82, 2.24) is 0 Å². The third-order valence-electron chi connectivity index (χ3n) is 2.06. The fraction of sp³-hybridized carbons (Fsp3) is 0.667. The SMILES string of the molecule is CC1(C)O[C@H]2O/C(=C/C=O)C[C@H]2O1. The van der Waals surface area contributed by atoms with Gasteiger partial charge in [0, 0.05) is 12.5 Å². The number of rotatable bonds is 1. The third-order valence-corrected chi connectivity index (χ3v) is 2.06. The number of allylic oxidation sites excluding steroid dienone is 1. The summed E-state index contributed by atoms with van der Waals surface area (Å²) in [4.78, 5) is 10.2. The summed E-state index contributed by atoms with van der Waals surface area (Å²) < 4.78 is 16.3. The second kappa shape index (κ2) is 2.82. The molecule has 2 heterocycles. The second-order valence-electron chi connectivity index (χ2n) is 3.63. The minimum absolute atomic E-state index is 0.0683. The lowest BCUT2D eigenvalue weighted by atomic mass is 10.2. The summed E-state index contributed by atoms with van der Waals surface area (Å²) in [5.41, 5.74) is 0. The van der Waals surface area contributed by atoms with Crippen LogP contribution in [0.5, 0.6) is 0 Å². The van der Waals surface area contributed by atoms with Crippen LogP contribution >= 0.6 is 0 Å². The molecule has 72 valence electrons. The van der Waals surface area contributed by atoms with Gasteiger partial charge in [0.05, 0.1) is 0 Å². The molecule has 0 saturated carbocycles. The number of carbonyl (C=O) groups excluding carboxylic acids is 1. The van der Waals surface area contributed by atoms with E-state index in [-0.39, 0.29) is 12.4 Å². The van der Waals surface area contributed by atoms with Gasteiger partial charge in [0.25, 0.3) is 0 Å². The number of carbonyl (C=O) groups is 1. The first-order chi connectivity index (χ1) is 6.11. The molecule has 0 aromatic carbocycles. The Labute approximate surface area is 76.5 Å². The van der Waals surface area contributed by atoms with E-state index < -0.39 is 5.79 Å². The Balaban J connectivity index is 2.05. The van der Waals surface area contributed by atoms with Gasteiger partial charge in [-0.1, -0.05) is 0 Å². The summed E-state index contributed by atoms with van der Waals surface area (Å²) in [5.74, 6) is 0.0719. The summed E-state index contributed by atoms with van der Waals surface area (Å²) in [7, 11) is 0. The van der Waals surface area contributed by atoms with E-state index in [0.717, 1.165) is 0 Å². The van der Waals surface area contributed by atoms with Crippen molar-refractivity contribution in [2.24, 2.45) is 0 Å². The summed E-state index contributed by atoms with van der Waals surface area (Å²) in [6.45, 7) is 3.69. The molecule has 0 radical (unpaired) electrons. The molecule has 2 aliphatic heterocycles. The van der Waals surface area contributed by atoms with E-state index in [0.29, 0.717) is 18.5 Å². The van der Waals surface area contributed by atoms with Crippen molar-refractivity contribution in [1.29, 1.82) is 0 Å². The molecule has 0 bridgehead atoms. The van der Waals surface area contributed by atoms with Gasteiger partial charge < -0.3 is 14.2 Å². The lowest BCUT2D eigenvalue weighted by Gasteiger charge is -2.17. The highest BCUT2D eigenvalue weighted by Gasteiger charge is 2.47. The molecule has 2 saturated heterocycles. The average molecular weight is 184 g/mol. The molecule has 0 spiro atoms. The van der Waals surface area contributed by atoms with Gasteiger partial charge in [-0.2, -0.15) is 0 Å². The van der Waals surface area contributed by atoms with E-state index >= 15 is 0 Å². The predicted molar refractivity (Wildman–Crippen MR) is 43.7 cm³/mol. The maximum Gasteiger partial charge on any atom is 0.228 e. The standard InChI is InChI=1S/C9H12O4/c1-9(2)12-7-5-6(3-4-10)11-8(7)13-9/h3-4,7-8H,5H2,1-2H3/b6-3+/t7-,8-/m1/s1. The number of hydrogen-bond donors (Lipinski definition) is 0. The summed E-state index contributed by atoms with van der Waals surface area (Å²) in [6.07, 6.45) is 2.31. The van der Waals surface area contributed by atoms with Gasteiger partial charge in [0.2, 0.25) is 6.29 Å². The van der Waals surface area contributed by atoms with Crippen molar-refractivity contribution in [3.8, 4) is 0 Å². The van der Waals surface area contributed by atoms with Gasteiger partial charge in [-0.3, -0.25) is 4.79 Å². The van der Waals surface area contributed by atoms with Crippen LogP contribution in [0.2, 0.25) is 0 Å². The van der Waals surface area contributed by atoms with Crippen LogP contribution in [0.25, 0.3) is 0 Å². The third kappa shape index (κ3) is 1.59. The summed E-state index contributed by atoms with van der Waals surface area (Å²) >= 11 is 0. The van der Waals surface area contributed by atoms with Gasteiger partial charge in [-0.05, 0) is 13.8 Å². The number of hydrogen-bond acceptors (Lipinski definition) is 4.